The summed E-state index contributed by atoms with van der Waals surface area (Å²) in [6.07, 6.45) is -1.96. The van der Waals surface area contributed by atoms with E-state index in [0.717, 1.165) is 6.42 Å². The lowest BCUT2D eigenvalue weighted by atomic mass is 9.78. The Balaban J connectivity index is 2.40. The van der Waals surface area contributed by atoms with Crippen molar-refractivity contribution < 1.29 is 13.2 Å². The first-order chi connectivity index (χ1) is 9.36. The van der Waals surface area contributed by atoms with E-state index in [1.165, 1.54) is 0 Å². The smallest absolute Gasteiger partial charge is 0.311 e. The highest BCUT2D eigenvalue weighted by Gasteiger charge is 2.47. The van der Waals surface area contributed by atoms with Crippen LogP contribution in [0.1, 0.15) is 63.1 Å². The Bertz CT molecular complexity index is 456. The highest BCUT2D eigenvalue weighted by molar-refractivity contribution is 9.08. The molecule has 2 atom stereocenters. The average Bonchev–Trinajstić information content (AvgIpc) is 2.81. The van der Waals surface area contributed by atoms with Crippen LogP contribution in [0.3, 0.4) is 0 Å². The second kappa shape index (κ2) is 6.03. The molecule has 114 valence electrons. The summed E-state index contributed by atoms with van der Waals surface area (Å²) in [6.45, 7) is 3.90. The molecule has 0 aromatic carbocycles. The average molecular weight is 354 g/mol. The zero-order valence-electron chi connectivity index (χ0n) is 11.6. The Morgan fingerprint density at radius 3 is 2.45 bits per heavy atom. The lowest BCUT2D eigenvalue weighted by molar-refractivity contribution is -0.188. The minimum Gasteiger partial charge on any atom is -0.311 e. The zero-order chi connectivity index (χ0) is 14.9. The van der Waals surface area contributed by atoms with Crippen molar-refractivity contribution in [2.45, 2.75) is 63.0 Å². The fourth-order valence-electron chi connectivity index (χ4n) is 3.08. The maximum absolute atomic E-state index is 13.2. The van der Waals surface area contributed by atoms with Gasteiger partial charge in [-0.15, -0.1) is 10.2 Å². The van der Waals surface area contributed by atoms with Gasteiger partial charge >= 0.3 is 6.18 Å². The Kier molecular flexibility index (Phi) is 4.76. The second-order valence-corrected chi connectivity index (χ2v) is 6.17. The number of rotatable bonds is 3. The van der Waals surface area contributed by atoms with E-state index in [2.05, 4.69) is 26.1 Å². The number of alkyl halides is 4. The maximum atomic E-state index is 13.2. The Hall–Kier alpha value is -0.590. The van der Waals surface area contributed by atoms with Crippen molar-refractivity contribution >= 4 is 15.9 Å². The third kappa shape index (κ3) is 3.02. The minimum atomic E-state index is -4.16. The molecule has 7 heteroatoms. The first-order valence-corrected chi connectivity index (χ1v) is 8.04. The molecule has 0 radical (unpaired) electrons. The van der Waals surface area contributed by atoms with E-state index in [1.807, 2.05) is 18.4 Å². The predicted molar refractivity (Wildman–Crippen MR) is 73.8 cm³/mol. The van der Waals surface area contributed by atoms with Crippen LogP contribution in [0.2, 0.25) is 0 Å². The normalized spacial score (nSPS) is 24.4. The molecular weight excluding hydrogens is 335 g/mol. The van der Waals surface area contributed by atoms with Gasteiger partial charge < -0.3 is 4.57 Å². The predicted octanol–water partition coefficient (Wildman–Crippen LogP) is 4.59. The molecule has 3 nitrogen and oxygen atoms in total. The van der Waals surface area contributed by atoms with E-state index >= 15 is 0 Å². The lowest BCUT2D eigenvalue weighted by Crippen LogP contribution is -2.33. The molecule has 20 heavy (non-hydrogen) atoms. The molecule has 1 aliphatic carbocycles. The van der Waals surface area contributed by atoms with Crippen LogP contribution >= 0.6 is 15.9 Å². The van der Waals surface area contributed by atoms with Gasteiger partial charge in [-0.3, -0.25) is 0 Å². The molecule has 0 spiro atoms. The van der Waals surface area contributed by atoms with Crippen molar-refractivity contribution in [3.63, 3.8) is 0 Å². The summed E-state index contributed by atoms with van der Waals surface area (Å²) in [5.74, 6) is -0.662. The molecular formula is C13H19BrF3N3. The van der Waals surface area contributed by atoms with Crippen LogP contribution in [0.15, 0.2) is 0 Å². The second-order valence-electron chi connectivity index (χ2n) is 5.61. The van der Waals surface area contributed by atoms with Crippen molar-refractivity contribution in [1.82, 2.24) is 14.8 Å². The molecule has 1 aliphatic rings. The number of halogens is 4. The minimum absolute atomic E-state index is 0.0587. The first kappa shape index (κ1) is 15.8. The van der Waals surface area contributed by atoms with E-state index in [-0.39, 0.29) is 12.5 Å². The number of nitrogens with zero attached hydrogens (tertiary/aromatic N) is 3. The molecule has 0 bridgehead atoms. The molecule has 2 unspecified atom stereocenters. The lowest BCUT2D eigenvalue weighted by Gasteiger charge is -2.33. The van der Waals surface area contributed by atoms with Crippen molar-refractivity contribution in [1.29, 1.82) is 0 Å². The van der Waals surface area contributed by atoms with Crippen LogP contribution in [0, 0.1) is 5.92 Å². The number of hydrogen-bond donors (Lipinski definition) is 0. The van der Waals surface area contributed by atoms with Crippen LogP contribution in [-0.4, -0.2) is 20.9 Å². The summed E-state index contributed by atoms with van der Waals surface area (Å²) in [7, 11) is 0. The molecule has 0 aliphatic heterocycles. The molecule has 0 saturated heterocycles. The molecule has 1 fully saturated rings. The van der Waals surface area contributed by atoms with E-state index in [4.69, 9.17) is 0 Å². The Labute approximate surface area is 125 Å². The molecule has 1 aromatic rings. The van der Waals surface area contributed by atoms with E-state index in [1.54, 1.807) is 0 Å². The number of aromatic nitrogens is 3. The van der Waals surface area contributed by atoms with Crippen LogP contribution in [0.4, 0.5) is 13.2 Å². The summed E-state index contributed by atoms with van der Waals surface area (Å²) >= 11 is 3.32. The zero-order valence-corrected chi connectivity index (χ0v) is 13.2. The van der Waals surface area contributed by atoms with Gasteiger partial charge in [0.15, 0.2) is 0 Å². The largest absolute Gasteiger partial charge is 0.392 e. The van der Waals surface area contributed by atoms with E-state index in [9.17, 15) is 13.2 Å². The molecule has 2 rings (SSSR count). The maximum Gasteiger partial charge on any atom is 0.392 e. The van der Waals surface area contributed by atoms with Gasteiger partial charge in [-0.1, -0.05) is 28.8 Å². The highest BCUT2D eigenvalue weighted by atomic mass is 79.9. The monoisotopic (exact) mass is 353 g/mol. The summed E-state index contributed by atoms with van der Waals surface area (Å²) in [4.78, 5) is 0. The Morgan fingerprint density at radius 2 is 1.90 bits per heavy atom. The SMILES string of the molecule is CC(C)n1c(CBr)nnc1C1CCCCC1C(F)(F)F. The quantitative estimate of drug-likeness (QED) is 0.744. The molecule has 0 amide bonds. The Morgan fingerprint density at radius 1 is 1.25 bits per heavy atom. The third-order valence-electron chi connectivity index (χ3n) is 3.95. The molecule has 0 N–H and O–H groups in total. The molecule has 1 saturated carbocycles. The standard InChI is InChI=1S/C13H19BrF3N3/c1-8(2)20-11(7-14)18-19-12(20)9-5-3-4-6-10(9)13(15,16)17/h8-10H,3-7H2,1-2H3. The summed E-state index contributed by atoms with van der Waals surface area (Å²) in [5, 5.41) is 8.63. The van der Waals surface area contributed by atoms with Gasteiger partial charge in [0.2, 0.25) is 0 Å². The van der Waals surface area contributed by atoms with E-state index < -0.39 is 18.0 Å². The van der Waals surface area contributed by atoms with Gasteiger partial charge in [-0.05, 0) is 26.7 Å². The van der Waals surface area contributed by atoms with Gasteiger partial charge in [0.1, 0.15) is 11.6 Å². The summed E-state index contributed by atoms with van der Waals surface area (Å²) < 4.78 is 41.5. The van der Waals surface area contributed by atoms with Crippen LogP contribution in [-0.2, 0) is 5.33 Å². The summed E-state index contributed by atoms with van der Waals surface area (Å²) in [6, 6.07) is 0.0587. The van der Waals surface area contributed by atoms with Crippen molar-refractivity contribution in [3.05, 3.63) is 11.6 Å². The summed E-state index contributed by atoms with van der Waals surface area (Å²) in [5.41, 5.74) is 0. The van der Waals surface area contributed by atoms with Gasteiger partial charge in [-0.25, -0.2) is 0 Å². The molecule has 1 aromatic heterocycles. The molecule has 1 heterocycles. The fourth-order valence-corrected chi connectivity index (χ4v) is 3.46. The highest BCUT2D eigenvalue weighted by Crippen LogP contribution is 2.46. The van der Waals surface area contributed by atoms with Crippen LogP contribution in [0.5, 0.6) is 0 Å². The van der Waals surface area contributed by atoms with Crippen LogP contribution in [0.25, 0.3) is 0 Å². The number of hydrogen-bond acceptors (Lipinski definition) is 2. The fraction of sp³-hybridized carbons (Fsp3) is 0.846. The third-order valence-corrected chi connectivity index (χ3v) is 4.45. The van der Waals surface area contributed by atoms with E-state index in [0.29, 0.717) is 29.8 Å². The van der Waals surface area contributed by atoms with Crippen molar-refractivity contribution in [3.8, 4) is 0 Å². The first-order valence-electron chi connectivity index (χ1n) is 6.92. The van der Waals surface area contributed by atoms with Gasteiger partial charge in [0, 0.05) is 12.0 Å². The van der Waals surface area contributed by atoms with Gasteiger partial charge in [0.05, 0.1) is 11.2 Å². The van der Waals surface area contributed by atoms with Crippen LogP contribution < -0.4 is 0 Å². The van der Waals surface area contributed by atoms with Crippen molar-refractivity contribution in [2.75, 3.05) is 0 Å². The topological polar surface area (TPSA) is 30.7 Å². The van der Waals surface area contributed by atoms with Gasteiger partial charge in [-0.2, -0.15) is 13.2 Å². The van der Waals surface area contributed by atoms with Crippen molar-refractivity contribution in [2.24, 2.45) is 5.92 Å². The van der Waals surface area contributed by atoms with Gasteiger partial charge in [0.25, 0.3) is 0 Å².